The van der Waals surface area contributed by atoms with E-state index in [9.17, 15) is 22.8 Å². The van der Waals surface area contributed by atoms with Gasteiger partial charge >= 0.3 is 5.97 Å². The SMILES string of the molecule is CCOC(=O)/C(=C\N(C)C)C(=O)c1cc(F)c(N2CCN(C)CC2)c(F)c1F. The maximum atomic E-state index is 14.7. The van der Waals surface area contributed by atoms with E-state index in [1.807, 2.05) is 11.9 Å². The molecular weight excluding hydrogens is 375 g/mol. The van der Waals surface area contributed by atoms with Crippen molar-refractivity contribution in [1.29, 1.82) is 0 Å². The fourth-order valence-corrected chi connectivity index (χ4v) is 2.89. The van der Waals surface area contributed by atoms with Gasteiger partial charge in [-0.3, -0.25) is 4.79 Å². The lowest BCUT2D eigenvalue weighted by Gasteiger charge is -2.34. The van der Waals surface area contributed by atoms with Gasteiger partial charge in [0.15, 0.2) is 11.6 Å². The lowest BCUT2D eigenvalue weighted by atomic mass is 10.0. The second-order valence-corrected chi connectivity index (χ2v) is 6.73. The zero-order valence-electron chi connectivity index (χ0n) is 16.4. The molecule has 0 spiro atoms. The topological polar surface area (TPSA) is 53.1 Å². The van der Waals surface area contributed by atoms with Crippen LogP contribution < -0.4 is 4.90 Å². The first-order valence-electron chi connectivity index (χ1n) is 8.88. The molecule has 28 heavy (non-hydrogen) atoms. The van der Waals surface area contributed by atoms with Gasteiger partial charge in [-0.05, 0) is 20.0 Å². The number of piperazine rings is 1. The second kappa shape index (κ2) is 9.09. The molecule has 1 aliphatic heterocycles. The first-order chi connectivity index (χ1) is 13.2. The van der Waals surface area contributed by atoms with Crippen molar-refractivity contribution in [2.45, 2.75) is 6.92 Å². The molecule has 0 radical (unpaired) electrons. The average molecular weight is 399 g/mol. The van der Waals surface area contributed by atoms with Crippen molar-refractivity contribution in [2.75, 3.05) is 58.8 Å². The molecule has 0 unspecified atom stereocenters. The minimum atomic E-state index is -1.49. The van der Waals surface area contributed by atoms with Crippen LogP contribution in [0.2, 0.25) is 0 Å². The molecule has 6 nitrogen and oxygen atoms in total. The van der Waals surface area contributed by atoms with Crippen molar-refractivity contribution in [3.63, 3.8) is 0 Å². The summed E-state index contributed by atoms with van der Waals surface area (Å²) in [6.07, 6.45) is 1.13. The third-order valence-corrected chi connectivity index (χ3v) is 4.33. The van der Waals surface area contributed by atoms with Gasteiger partial charge in [0.2, 0.25) is 5.78 Å². The number of carbonyl (C=O) groups is 2. The average Bonchev–Trinajstić information content (AvgIpc) is 2.63. The predicted molar refractivity (Wildman–Crippen MR) is 98.8 cm³/mol. The van der Waals surface area contributed by atoms with Gasteiger partial charge in [-0.25, -0.2) is 18.0 Å². The van der Waals surface area contributed by atoms with Crippen LogP contribution in [0.5, 0.6) is 0 Å². The Kier molecular flexibility index (Phi) is 7.06. The fourth-order valence-electron chi connectivity index (χ4n) is 2.89. The fraction of sp³-hybridized carbons (Fsp3) is 0.474. The number of esters is 1. The highest BCUT2D eigenvalue weighted by molar-refractivity contribution is 6.24. The van der Waals surface area contributed by atoms with E-state index in [0.29, 0.717) is 32.2 Å². The minimum Gasteiger partial charge on any atom is -0.462 e. The number of Topliss-reactive ketones (excluding diaryl/α,β-unsaturated/α-hetero) is 1. The number of carbonyl (C=O) groups excluding carboxylic acids is 2. The van der Waals surface area contributed by atoms with Crippen LogP contribution in [0.1, 0.15) is 17.3 Å². The van der Waals surface area contributed by atoms with Crippen LogP contribution in [0.15, 0.2) is 17.8 Å². The Bertz CT molecular complexity index is 788. The molecular formula is C19H24F3N3O3. The number of anilines is 1. The Balaban J connectivity index is 2.45. The van der Waals surface area contributed by atoms with E-state index in [0.717, 1.165) is 6.20 Å². The van der Waals surface area contributed by atoms with E-state index in [4.69, 9.17) is 4.74 Å². The van der Waals surface area contributed by atoms with Crippen LogP contribution in [-0.4, -0.2) is 75.5 Å². The highest BCUT2D eigenvalue weighted by Gasteiger charge is 2.31. The molecule has 1 aromatic carbocycles. The summed E-state index contributed by atoms with van der Waals surface area (Å²) in [6.45, 7) is 3.32. The monoisotopic (exact) mass is 399 g/mol. The van der Waals surface area contributed by atoms with Crippen LogP contribution in [0.4, 0.5) is 18.9 Å². The molecule has 1 aromatic rings. The standard InChI is InChI=1S/C19H24F3N3O3/c1-5-28-19(27)13(11-23(2)3)18(26)12-10-14(20)17(16(22)15(12)21)25-8-6-24(4)7-9-25/h10-11H,5-9H2,1-4H3/b13-11-. The maximum Gasteiger partial charge on any atom is 0.343 e. The Hall–Kier alpha value is -2.55. The molecule has 0 saturated carbocycles. The zero-order chi connectivity index (χ0) is 21.0. The van der Waals surface area contributed by atoms with Gasteiger partial charge in [0.25, 0.3) is 0 Å². The number of hydrogen-bond acceptors (Lipinski definition) is 6. The first-order valence-corrected chi connectivity index (χ1v) is 8.88. The number of nitrogens with zero attached hydrogens (tertiary/aromatic N) is 3. The number of benzene rings is 1. The molecule has 154 valence electrons. The number of halogens is 3. The van der Waals surface area contributed by atoms with Gasteiger partial charge < -0.3 is 19.4 Å². The summed E-state index contributed by atoms with van der Waals surface area (Å²) in [5.41, 5.74) is -1.87. The Morgan fingerprint density at radius 3 is 2.29 bits per heavy atom. The van der Waals surface area contributed by atoms with E-state index in [1.54, 1.807) is 21.0 Å². The molecule has 1 fully saturated rings. The van der Waals surface area contributed by atoms with Crippen LogP contribution >= 0.6 is 0 Å². The molecule has 1 saturated heterocycles. The Morgan fingerprint density at radius 1 is 1.14 bits per heavy atom. The summed E-state index contributed by atoms with van der Waals surface area (Å²) < 4.78 is 48.8. The van der Waals surface area contributed by atoms with Crippen LogP contribution in [0.25, 0.3) is 0 Å². The highest BCUT2D eigenvalue weighted by atomic mass is 19.2. The van der Waals surface area contributed by atoms with E-state index < -0.39 is 46.0 Å². The van der Waals surface area contributed by atoms with Gasteiger partial charge in [-0.1, -0.05) is 0 Å². The normalized spacial score (nSPS) is 15.5. The number of likely N-dealkylation sites (N-methyl/N-ethyl adjacent to an activating group) is 1. The van der Waals surface area contributed by atoms with Gasteiger partial charge in [0, 0.05) is 46.5 Å². The molecule has 0 atom stereocenters. The van der Waals surface area contributed by atoms with Gasteiger partial charge in [0.1, 0.15) is 17.1 Å². The number of hydrogen-bond donors (Lipinski definition) is 0. The van der Waals surface area contributed by atoms with Gasteiger partial charge in [-0.2, -0.15) is 0 Å². The molecule has 0 N–H and O–H groups in total. The van der Waals surface area contributed by atoms with E-state index in [2.05, 4.69) is 0 Å². The second-order valence-electron chi connectivity index (χ2n) is 6.73. The lowest BCUT2D eigenvalue weighted by molar-refractivity contribution is -0.138. The summed E-state index contributed by atoms with van der Waals surface area (Å²) in [7, 11) is 4.96. The van der Waals surface area contributed by atoms with Crippen molar-refractivity contribution in [3.8, 4) is 0 Å². The van der Waals surface area contributed by atoms with E-state index in [-0.39, 0.29) is 6.61 Å². The molecule has 0 amide bonds. The first kappa shape index (κ1) is 21.7. The molecule has 1 heterocycles. The van der Waals surface area contributed by atoms with Crippen molar-refractivity contribution in [1.82, 2.24) is 9.80 Å². The number of ether oxygens (including phenoxy) is 1. The summed E-state index contributed by atoms with van der Waals surface area (Å²) in [4.78, 5) is 29.5. The van der Waals surface area contributed by atoms with Crippen molar-refractivity contribution in [3.05, 3.63) is 40.9 Å². The summed E-state index contributed by atoms with van der Waals surface area (Å²) in [5, 5.41) is 0. The third-order valence-electron chi connectivity index (χ3n) is 4.33. The Labute approximate surface area is 162 Å². The number of rotatable bonds is 6. The predicted octanol–water partition coefficient (Wildman–Crippen LogP) is 2.05. The quantitative estimate of drug-likeness (QED) is 0.182. The van der Waals surface area contributed by atoms with Crippen LogP contribution in [-0.2, 0) is 9.53 Å². The van der Waals surface area contributed by atoms with Crippen molar-refractivity contribution in [2.24, 2.45) is 0 Å². The molecule has 0 aromatic heterocycles. The highest BCUT2D eigenvalue weighted by Crippen LogP contribution is 2.30. The molecule has 1 aliphatic rings. The van der Waals surface area contributed by atoms with Gasteiger partial charge in [0.05, 0.1) is 12.2 Å². The van der Waals surface area contributed by atoms with E-state index in [1.165, 1.54) is 9.80 Å². The maximum absolute atomic E-state index is 14.7. The largest absolute Gasteiger partial charge is 0.462 e. The zero-order valence-corrected chi connectivity index (χ0v) is 16.4. The summed E-state index contributed by atoms with van der Waals surface area (Å²) >= 11 is 0. The third kappa shape index (κ3) is 4.64. The molecule has 0 aliphatic carbocycles. The Morgan fingerprint density at radius 2 is 1.75 bits per heavy atom. The smallest absolute Gasteiger partial charge is 0.343 e. The van der Waals surface area contributed by atoms with Gasteiger partial charge in [-0.15, -0.1) is 0 Å². The minimum absolute atomic E-state index is 0.00949. The summed E-state index contributed by atoms with van der Waals surface area (Å²) in [5.74, 6) is -6.13. The molecule has 0 bridgehead atoms. The summed E-state index contributed by atoms with van der Waals surface area (Å²) in [6, 6.07) is 0.636. The molecule has 2 rings (SSSR count). The molecule has 9 heteroatoms. The number of ketones is 1. The van der Waals surface area contributed by atoms with Crippen molar-refractivity contribution >= 4 is 17.4 Å². The van der Waals surface area contributed by atoms with E-state index >= 15 is 0 Å². The lowest BCUT2D eigenvalue weighted by Crippen LogP contribution is -2.45. The van der Waals surface area contributed by atoms with Crippen LogP contribution in [0.3, 0.4) is 0 Å². The van der Waals surface area contributed by atoms with Crippen molar-refractivity contribution < 1.29 is 27.5 Å². The van der Waals surface area contributed by atoms with Crippen LogP contribution in [0, 0.1) is 17.5 Å².